The van der Waals surface area contributed by atoms with E-state index in [-0.39, 0.29) is 24.0 Å². The van der Waals surface area contributed by atoms with Gasteiger partial charge in [-0.3, -0.25) is 4.99 Å². The summed E-state index contributed by atoms with van der Waals surface area (Å²) in [5.74, 6) is 2.67. The Kier molecular flexibility index (Phi) is 9.46. The fourth-order valence-corrected chi connectivity index (χ4v) is 3.15. The van der Waals surface area contributed by atoms with Gasteiger partial charge in [-0.05, 0) is 42.4 Å². The van der Waals surface area contributed by atoms with E-state index in [1.807, 2.05) is 30.5 Å². The summed E-state index contributed by atoms with van der Waals surface area (Å²) in [6.45, 7) is 5.56. The third kappa shape index (κ3) is 7.04. The average Bonchev–Trinajstić information content (AvgIpc) is 2.75. The molecule has 2 aromatic rings. The molecule has 7 nitrogen and oxygen atoms in total. The van der Waals surface area contributed by atoms with E-state index in [1.54, 1.807) is 14.2 Å². The van der Waals surface area contributed by atoms with Crippen LogP contribution < -0.4 is 20.3 Å². The Balaban J connectivity index is 0.00000300. The van der Waals surface area contributed by atoms with E-state index in [1.165, 1.54) is 5.56 Å². The van der Waals surface area contributed by atoms with Gasteiger partial charge >= 0.3 is 0 Å². The minimum atomic E-state index is 0. The topological polar surface area (TPSA) is 65.0 Å². The molecule has 158 valence electrons. The van der Waals surface area contributed by atoms with Crippen molar-refractivity contribution in [2.24, 2.45) is 4.99 Å². The number of ether oxygens (including phenoxy) is 1. The Hall–Kier alpha value is -2.07. The maximum Gasteiger partial charge on any atom is 0.191 e. The van der Waals surface area contributed by atoms with Gasteiger partial charge in [-0.25, -0.2) is 4.98 Å². The summed E-state index contributed by atoms with van der Waals surface area (Å²) in [6.07, 6.45) is 1.89. The van der Waals surface area contributed by atoms with Crippen molar-refractivity contribution in [1.29, 1.82) is 0 Å². The first kappa shape index (κ1) is 23.2. The summed E-state index contributed by atoms with van der Waals surface area (Å²) < 4.78 is 5.27. The summed E-state index contributed by atoms with van der Waals surface area (Å²) in [5.41, 5.74) is 2.33. The molecule has 3 rings (SSSR count). The van der Waals surface area contributed by atoms with Crippen LogP contribution in [0.25, 0.3) is 0 Å². The quantitative estimate of drug-likeness (QED) is 0.354. The van der Waals surface area contributed by atoms with Crippen molar-refractivity contribution in [3.05, 3.63) is 53.7 Å². The Morgan fingerprint density at radius 3 is 2.41 bits per heavy atom. The van der Waals surface area contributed by atoms with Gasteiger partial charge in [0.2, 0.25) is 0 Å². The van der Waals surface area contributed by atoms with Crippen LogP contribution in [-0.2, 0) is 13.1 Å². The zero-order valence-corrected chi connectivity index (χ0v) is 19.7. The molecule has 1 aliphatic heterocycles. The van der Waals surface area contributed by atoms with Gasteiger partial charge in [0.25, 0.3) is 0 Å². The fourth-order valence-electron chi connectivity index (χ4n) is 3.15. The normalized spacial score (nSPS) is 14.9. The zero-order valence-electron chi connectivity index (χ0n) is 17.4. The number of hydrogen-bond acceptors (Lipinski definition) is 5. The summed E-state index contributed by atoms with van der Waals surface area (Å²) >= 11 is 0. The van der Waals surface area contributed by atoms with Crippen molar-refractivity contribution < 1.29 is 4.74 Å². The number of benzene rings is 1. The number of piperazine rings is 1. The van der Waals surface area contributed by atoms with Crippen LogP contribution in [0.5, 0.6) is 5.75 Å². The number of hydrogen-bond donors (Lipinski definition) is 2. The summed E-state index contributed by atoms with van der Waals surface area (Å²) in [4.78, 5) is 13.6. The number of aliphatic imine (C=N–C) groups is 1. The first-order chi connectivity index (χ1) is 13.7. The highest BCUT2D eigenvalue weighted by Gasteiger charge is 2.15. The lowest BCUT2D eigenvalue weighted by Crippen LogP contribution is -2.44. The molecule has 2 heterocycles. The van der Waals surface area contributed by atoms with Crippen molar-refractivity contribution in [3.8, 4) is 5.75 Å². The van der Waals surface area contributed by atoms with E-state index in [0.29, 0.717) is 13.1 Å². The van der Waals surface area contributed by atoms with Crippen LogP contribution >= 0.6 is 24.0 Å². The predicted octanol–water partition coefficient (Wildman–Crippen LogP) is 2.33. The highest BCUT2D eigenvalue weighted by molar-refractivity contribution is 14.0. The molecule has 0 atom stereocenters. The lowest BCUT2D eigenvalue weighted by atomic mass is 10.2. The maximum absolute atomic E-state index is 5.27. The van der Waals surface area contributed by atoms with Crippen molar-refractivity contribution in [2.45, 2.75) is 13.1 Å². The highest BCUT2D eigenvalue weighted by atomic mass is 127. The third-order valence-corrected chi connectivity index (χ3v) is 4.91. The van der Waals surface area contributed by atoms with Gasteiger partial charge in [-0.15, -0.1) is 24.0 Å². The zero-order chi connectivity index (χ0) is 19.8. The van der Waals surface area contributed by atoms with E-state index < -0.39 is 0 Å². The van der Waals surface area contributed by atoms with Gasteiger partial charge in [0.1, 0.15) is 11.6 Å². The molecule has 0 bridgehead atoms. The van der Waals surface area contributed by atoms with E-state index in [4.69, 9.17) is 4.74 Å². The first-order valence-corrected chi connectivity index (χ1v) is 9.64. The van der Waals surface area contributed by atoms with Crippen LogP contribution in [-0.4, -0.2) is 63.2 Å². The molecule has 1 saturated heterocycles. The number of likely N-dealkylation sites (N-methyl/N-ethyl adjacent to an activating group) is 1. The van der Waals surface area contributed by atoms with Crippen LogP contribution in [0.3, 0.4) is 0 Å². The van der Waals surface area contributed by atoms with Gasteiger partial charge in [-0.1, -0.05) is 12.1 Å². The molecule has 8 heteroatoms. The smallest absolute Gasteiger partial charge is 0.191 e. The Labute approximate surface area is 190 Å². The summed E-state index contributed by atoms with van der Waals surface area (Å²) in [5, 5.41) is 6.72. The van der Waals surface area contributed by atoms with Crippen molar-refractivity contribution in [1.82, 2.24) is 20.5 Å². The third-order valence-electron chi connectivity index (χ3n) is 4.91. The number of nitrogens with zero attached hydrogens (tertiary/aromatic N) is 4. The van der Waals surface area contributed by atoms with Crippen molar-refractivity contribution >= 4 is 35.8 Å². The highest BCUT2D eigenvalue weighted by Crippen LogP contribution is 2.15. The van der Waals surface area contributed by atoms with Crippen LogP contribution in [0.2, 0.25) is 0 Å². The molecule has 0 radical (unpaired) electrons. The standard InChI is InChI=1S/C21H30N6O.HI/c1-22-21(24-15-17-5-4-6-19(13-17)28-3)25-16-18-7-8-23-20(14-18)27-11-9-26(2)10-12-27;/h4-8,13-14H,9-12,15-16H2,1-3H3,(H2,22,24,25);1H. The fraction of sp³-hybridized carbons (Fsp3) is 0.429. The predicted molar refractivity (Wildman–Crippen MR) is 129 cm³/mol. The minimum Gasteiger partial charge on any atom is -0.497 e. The number of rotatable bonds is 6. The monoisotopic (exact) mass is 510 g/mol. The van der Waals surface area contributed by atoms with Crippen molar-refractivity contribution in [2.75, 3.05) is 52.3 Å². The van der Waals surface area contributed by atoms with Gasteiger partial charge in [0, 0.05) is 52.5 Å². The van der Waals surface area contributed by atoms with Gasteiger partial charge in [0.05, 0.1) is 7.11 Å². The van der Waals surface area contributed by atoms with Crippen LogP contribution in [0, 0.1) is 0 Å². The second-order valence-electron chi connectivity index (χ2n) is 6.94. The Morgan fingerprint density at radius 2 is 1.76 bits per heavy atom. The van der Waals surface area contributed by atoms with Crippen LogP contribution in [0.4, 0.5) is 5.82 Å². The number of aromatic nitrogens is 1. The van der Waals surface area contributed by atoms with E-state index in [9.17, 15) is 0 Å². The van der Waals surface area contributed by atoms with Crippen LogP contribution in [0.1, 0.15) is 11.1 Å². The molecule has 1 fully saturated rings. The number of anilines is 1. The molecule has 29 heavy (non-hydrogen) atoms. The summed E-state index contributed by atoms with van der Waals surface area (Å²) in [7, 11) is 5.62. The molecule has 2 N–H and O–H groups in total. The number of pyridine rings is 1. The molecular weight excluding hydrogens is 479 g/mol. The van der Waals surface area contributed by atoms with Crippen molar-refractivity contribution in [3.63, 3.8) is 0 Å². The first-order valence-electron chi connectivity index (χ1n) is 9.64. The lowest BCUT2D eigenvalue weighted by molar-refractivity contribution is 0.312. The van der Waals surface area contributed by atoms with Gasteiger partial charge < -0.3 is 25.2 Å². The lowest BCUT2D eigenvalue weighted by Gasteiger charge is -2.33. The molecular formula is C21H31IN6O. The molecule has 0 spiro atoms. The van der Waals surface area contributed by atoms with Crippen LogP contribution in [0.15, 0.2) is 47.6 Å². The van der Waals surface area contributed by atoms with Gasteiger partial charge in [-0.2, -0.15) is 0 Å². The number of methoxy groups -OCH3 is 1. The Bertz CT molecular complexity index is 792. The molecule has 1 aliphatic rings. The maximum atomic E-state index is 5.27. The second-order valence-corrected chi connectivity index (χ2v) is 6.94. The molecule has 1 aromatic carbocycles. The van der Waals surface area contributed by atoms with E-state index >= 15 is 0 Å². The number of nitrogens with one attached hydrogen (secondary N) is 2. The average molecular weight is 510 g/mol. The van der Waals surface area contributed by atoms with E-state index in [0.717, 1.165) is 49.3 Å². The Morgan fingerprint density at radius 1 is 1.07 bits per heavy atom. The summed E-state index contributed by atoms with van der Waals surface area (Å²) in [6, 6.07) is 12.2. The molecule has 0 amide bonds. The van der Waals surface area contributed by atoms with Gasteiger partial charge in [0.15, 0.2) is 5.96 Å². The molecule has 0 aliphatic carbocycles. The largest absolute Gasteiger partial charge is 0.497 e. The minimum absolute atomic E-state index is 0. The molecule has 0 saturated carbocycles. The molecule has 0 unspecified atom stereocenters. The molecule has 1 aromatic heterocycles. The number of halogens is 1. The second kappa shape index (κ2) is 11.8. The number of guanidine groups is 1. The SMILES string of the molecule is CN=C(NCc1cccc(OC)c1)NCc1ccnc(N2CCN(C)CC2)c1.I. The van der Waals surface area contributed by atoms with E-state index in [2.05, 4.69) is 49.6 Å².